The maximum Gasteiger partial charge on any atom is 0.330 e. The van der Waals surface area contributed by atoms with E-state index in [0.717, 1.165) is 19.3 Å². The molecule has 0 unspecified atom stereocenters. The van der Waals surface area contributed by atoms with Crippen LogP contribution in [-0.2, 0) is 28.7 Å². The van der Waals surface area contributed by atoms with Crippen LogP contribution in [0.25, 0.3) is 0 Å². The van der Waals surface area contributed by atoms with Gasteiger partial charge in [0.15, 0.2) is 11.4 Å². The van der Waals surface area contributed by atoms with Crippen molar-refractivity contribution in [1.82, 2.24) is 0 Å². The van der Waals surface area contributed by atoms with Gasteiger partial charge in [0.25, 0.3) is 0 Å². The summed E-state index contributed by atoms with van der Waals surface area (Å²) >= 11 is 0. The third kappa shape index (κ3) is 7.97. The molecule has 0 amide bonds. The Morgan fingerprint density at radius 1 is 0.940 bits per heavy atom. The van der Waals surface area contributed by atoms with Gasteiger partial charge in [-0.1, -0.05) is 111 Å². The minimum atomic E-state index is -1.93. The van der Waals surface area contributed by atoms with Crippen molar-refractivity contribution >= 4 is 23.7 Å². The van der Waals surface area contributed by atoms with E-state index < -0.39 is 75.7 Å². The molecule has 2 saturated carbocycles. The molecule has 0 saturated heterocycles. The van der Waals surface area contributed by atoms with E-state index in [1.807, 2.05) is 13.8 Å². The van der Waals surface area contributed by atoms with Gasteiger partial charge in [0.05, 0.1) is 12.2 Å². The Hall–Kier alpha value is -2.82. The predicted molar refractivity (Wildman–Crippen MR) is 190 cm³/mol. The number of esters is 2. The highest BCUT2D eigenvalue weighted by Gasteiger charge is 2.87. The highest BCUT2D eigenvalue weighted by molar-refractivity contribution is 6.04. The number of unbranched alkanes of at least 4 members (excludes halogenated alkanes) is 10. The van der Waals surface area contributed by atoms with E-state index in [0.29, 0.717) is 17.6 Å². The zero-order valence-electron chi connectivity index (χ0n) is 31.4. The van der Waals surface area contributed by atoms with Crippen LogP contribution in [0.5, 0.6) is 0 Å². The first kappa shape index (κ1) is 41.6. The number of aliphatic hydroxyl groups is 3. The fraction of sp³-hybridized carbons (Fsp3) is 0.750. The van der Waals surface area contributed by atoms with E-state index in [1.54, 1.807) is 26.0 Å². The van der Waals surface area contributed by atoms with Crippen molar-refractivity contribution in [1.29, 1.82) is 0 Å². The third-order valence-corrected chi connectivity index (χ3v) is 11.9. The lowest BCUT2D eigenvalue weighted by Crippen LogP contribution is -2.66. The zero-order chi connectivity index (χ0) is 37.7. The number of hydrogen-bond acceptors (Lipinski definition) is 9. The van der Waals surface area contributed by atoms with E-state index in [9.17, 15) is 34.5 Å². The average Bonchev–Trinajstić information content (AvgIpc) is 3.46. The van der Waals surface area contributed by atoms with Crippen molar-refractivity contribution < 1.29 is 49.1 Å². The first-order valence-electron chi connectivity index (χ1n) is 18.6. The minimum absolute atomic E-state index is 0.108. The minimum Gasteiger partial charge on any atom is -0.478 e. The van der Waals surface area contributed by atoms with E-state index in [4.69, 9.17) is 14.6 Å². The average molecular weight is 703 g/mol. The molecule has 0 radical (unpaired) electrons. The number of hydrogen-bond donors (Lipinski definition) is 4. The molecule has 10 heteroatoms. The number of rotatable bonds is 16. The molecule has 0 aromatic rings. The van der Waals surface area contributed by atoms with Gasteiger partial charge in [-0.15, -0.1) is 0 Å². The number of fused-ring (bicyclic) bond motifs is 5. The molecular weight excluding hydrogens is 640 g/mol. The van der Waals surface area contributed by atoms with Gasteiger partial charge in [-0.25, -0.2) is 4.79 Å². The number of carbonyl (C=O) groups excluding carboxylic acids is 3. The topological polar surface area (TPSA) is 168 Å². The van der Waals surface area contributed by atoms with Crippen molar-refractivity contribution in [2.45, 2.75) is 155 Å². The van der Waals surface area contributed by atoms with Gasteiger partial charge in [0.1, 0.15) is 11.7 Å². The fourth-order valence-electron chi connectivity index (χ4n) is 9.20. The van der Waals surface area contributed by atoms with Crippen LogP contribution in [0.15, 0.2) is 35.5 Å². The van der Waals surface area contributed by atoms with Crippen LogP contribution < -0.4 is 0 Å². The van der Waals surface area contributed by atoms with Crippen molar-refractivity contribution in [3.05, 3.63) is 35.5 Å². The summed E-state index contributed by atoms with van der Waals surface area (Å²) in [5.74, 6) is -5.23. The highest BCUT2D eigenvalue weighted by atomic mass is 16.6. The summed E-state index contributed by atoms with van der Waals surface area (Å²) < 4.78 is 12.3. The van der Waals surface area contributed by atoms with Crippen LogP contribution in [0.2, 0.25) is 0 Å². The standard InChI is InChI=1S/C36H56O8.C4H6O2/c1-7-8-9-10-11-12-13-14-15-16-17-18-29(39)43-32-24(3)35(42)27(30-33(5,6)36(30,32)44-25(4)38)20-26(22-37)21-34(41)28(35)19-23(2)31(34)40;1-3(2)4(5)6/h19-20,24,27-28,30,32,37,41-42H,7-18,21-22H2,1-6H3;1H2,2H3,(H,5,6)/t24-,27+,28-,30-,32-,34-,35-,36-;/m1./s1. The molecule has 0 heterocycles. The lowest BCUT2D eigenvalue weighted by Gasteiger charge is -2.53. The molecule has 0 aromatic carbocycles. The summed E-state index contributed by atoms with van der Waals surface area (Å²) in [6.45, 7) is 15.0. The van der Waals surface area contributed by atoms with E-state index >= 15 is 0 Å². The highest BCUT2D eigenvalue weighted by Crippen LogP contribution is 2.77. The Labute approximate surface area is 298 Å². The number of carbonyl (C=O) groups is 4. The molecule has 4 aliphatic rings. The van der Waals surface area contributed by atoms with Gasteiger partial charge >= 0.3 is 17.9 Å². The molecule has 4 N–H and O–H groups in total. The van der Waals surface area contributed by atoms with Crippen molar-refractivity contribution in [2.75, 3.05) is 6.61 Å². The molecular formula is C40H62O10. The van der Waals surface area contributed by atoms with Crippen molar-refractivity contribution in [3.8, 4) is 0 Å². The Balaban J connectivity index is 0.00000103. The molecule has 0 bridgehead atoms. The van der Waals surface area contributed by atoms with Gasteiger partial charge in [-0.2, -0.15) is 0 Å². The normalized spacial score (nSPS) is 33.2. The molecule has 10 nitrogen and oxygen atoms in total. The van der Waals surface area contributed by atoms with Crippen molar-refractivity contribution in [3.63, 3.8) is 0 Å². The third-order valence-electron chi connectivity index (χ3n) is 11.9. The molecule has 0 aromatic heterocycles. The van der Waals surface area contributed by atoms with Crippen LogP contribution in [-0.4, -0.2) is 73.6 Å². The fourth-order valence-corrected chi connectivity index (χ4v) is 9.20. The molecule has 0 spiro atoms. The smallest absolute Gasteiger partial charge is 0.330 e. The van der Waals surface area contributed by atoms with Crippen molar-refractivity contribution in [2.24, 2.45) is 29.1 Å². The maximum atomic E-state index is 13.3. The maximum absolute atomic E-state index is 13.3. The van der Waals surface area contributed by atoms with Crippen LogP contribution in [0.3, 0.4) is 0 Å². The lowest BCUT2D eigenvalue weighted by molar-refractivity contribution is -0.228. The molecule has 2 fully saturated rings. The monoisotopic (exact) mass is 702 g/mol. The Kier molecular flexibility index (Phi) is 13.9. The zero-order valence-corrected chi connectivity index (χ0v) is 31.4. The molecule has 4 aliphatic carbocycles. The van der Waals surface area contributed by atoms with E-state index in [1.165, 1.54) is 58.8 Å². The Bertz CT molecular complexity index is 1330. The number of ketones is 1. The van der Waals surface area contributed by atoms with Crippen LogP contribution >= 0.6 is 0 Å². The molecule has 282 valence electrons. The van der Waals surface area contributed by atoms with Crippen LogP contribution in [0, 0.1) is 29.1 Å². The number of aliphatic carboxylic acids is 1. The van der Waals surface area contributed by atoms with Crippen LogP contribution in [0.4, 0.5) is 0 Å². The summed E-state index contributed by atoms with van der Waals surface area (Å²) in [5, 5.41) is 42.7. The molecule has 0 aliphatic heterocycles. The summed E-state index contributed by atoms with van der Waals surface area (Å²) in [7, 11) is 0. The summed E-state index contributed by atoms with van der Waals surface area (Å²) in [5.41, 5.74) is -4.53. The van der Waals surface area contributed by atoms with Crippen LogP contribution in [0.1, 0.15) is 132 Å². The van der Waals surface area contributed by atoms with Gasteiger partial charge in [-0.3, -0.25) is 14.4 Å². The second-order valence-electron chi connectivity index (χ2n) is 15.8. The summed E-state index contributed by atoms with van der Waals surface area (Å²) in [4.78, 5) is 48.7. The van der Waals surface area contributed by atoms with E-state index in [2.05, 4.69) is 13.5 Å². The number of carboxylic acids is 1. The lowest BCUT2D eigenvalue weighted by atomic mass is 9.59. The second-order valence-corrected chi connectivity index (χ2v) is 15.8. The number of ether oxygens (including phenoxy) is 2. The second kappa shape index (κ2) is 16.7. The van der Waals surface area contributed by atoms with Gasteiger partial charge in [0.2, 0.25) is 0 Å². The Morgan fingerprint density at radius 3 is 1.94 bits per heavy atom. The molecule has 4 rings (SSSR count). The number of carboxylic acid groups (broad SMARTS) is 1. The van der Waals surface area contributed by atoms with Gasteiger partial charge in [0, 0.05) is 54.4 Å². The quantitative estimate of drug-likeness (QED) is 0.0612. The number of Topliss-reactive ketones (excluding diaryl/α,β-unsaturated/α-hetero) is 1. The summed E-state index contributed by atoms with van der Waals surface area (Å²) in [6.07, 6.45) is 15.4. The summed E-state index contributed by atoms with van der Waals surface area (Å²) in [6, 6.07) is 0. The molecule has 8 atom stereocenters. The van der Waals surface area contributed by atoms with E-state index in [-0.39, 0.29) is 25.0 Å². The first-order valence-corrected chi connectivity index (χ1v) is 18.6. The Morgan fingerprint density at radius 2 is 1.46 bits per heavy atom. The SMILES string of the molecule is C=C(C)C(=O)O.CCCCCCCCCCCCCC(=O)O[C@@H]1[C@@H](C)[C@@]2(O)[C@@H](C=C(CO)C[C@]3(O)C(=O)C(C)=C[C@@H]23)[C@@H]2C(C)(C)[C@]12OC(C)=O. The van der Waals surface area contributed by atoms with Gasteiger partial charge in [-0.05, 0) is 31.4 Å². The first-order chi connectivity index (χ1) is 23.4. The molecule has 50 heavy (non-hydrogen) atoms. The number of aliphatic hydroxyl groups excluding tert-OH is 1. The van der Waals surface area contributed by atoms with Gasteiger partial charge < -0.3 is 29.9 Å². The predicted octanol–water partition coefficient (Wildman–Crippen LogP) is 6.40. The largest absolute Gasteiger partial charge is 0.478 e.